The van der Waals surface area contributed by atoms with Crippen molar-refractivity contribution in [3.8, 4) is 0 Å². The average molecular weight is 336 g/mol. The second-order valence-corrected chi connectivity index (χ2v) is 5.94. The molecule has 2 amide bonds. The number of likely N-dealkylation sites (N-methyl/N-ethyl adjacent to an activating group) is 1. The molecule has 1 atom stereocenters. The molecular weight excluding hydrogens is 311 g/mol. The Morgan fingerprint density at radius 1 is 1.17 bits per heavy atom. The van der Waals surface area contributed by atoms with Crippen LogP contribution in [0.1, 0.15) is 13.8 Å². The second-order valence-electron chi connectivity index (χ2n) is 5.94. The summed E-state index contributed by atoms with van der Waals surface area (Å²) in [6.45, 7) is 7.71. The minimum atomic E-state index is -0.328. The summed E-state index contributed by atoms with van der Waals surface area (Å²) < 4.78 is 12.8. The molecule has 0 bridgehead atoms. The Hall–Kier alpha value is -1.99. The van der Waals surface area contributed by atoms with E-state index in [1.54, 1.807) is 12.1 Å². The zero-order chi connectivity index (χ0) is 17.5. The molecule has 1 aromatic carbocycles. The molecule has 1 aliphatic heterocycles. The molecule has 1 heterocycles. The lowest BCUT2D eigenvalue weighted by molar-refractivity contribution is -0.127. The van der Waals surface area contributed by atoms with E-state index >= 15 is 0 Å². The molecule has 7 heteroatoms. The summed E-state index contributed by atoms with van der Waals surface area (Å²) in [5, 5.41) is 5.59. The Balaban J connectivity index is 1.75. The first kappa shape index (κ1) is 18.4. The molecule has 2 N–H and O–H groups in total. The lowest BCUT2D eigenvalue weighted by atomic mass is 10.2. The Bertz CT molecular complexity index is 556. The minimum absolute atomic E-state index is 0.0417. The molecule has 132 valence electrons. The van der Waals surface area contributed by atoms with Gasteiger partial charge < -0.3 is 10.6 Å². The summed E-state index contributed by atoms with van der Waals surface area (Å²) >= 11 is 0. The molecular formula is C17H25FN4O2. The van der Waals surface area contributed by atoms with E-state index in [-0.39, 0.29) is 23.7 Å². The Morgan fingerprint density at radius 3 is 2.38 bits per heavy atom. The smallest absolute Gasteiger partial charge is 0.238 e. The van der Waals surface area contributed by atoms with E-state index in [4.69, 9.17) is 0 Å². The highest BCUT2D eigenvalue weighted by Crippen LogP contribution is 2.10. The number of hydrogen-bond donors (Lipinski definition) is 2. The van der Waals surface area contributed by atoms with Crippen LogP contribution in [-0.2, 0) is 9.59 Å². The van der Waals surface area contributed by atoms with Crippen LogP contribution in [0.25, 0.3) is 0 Å². The molecule has 6 nitrogen and oxygen atoms in total. The number of carbonyl (C=O) groups excluding carboxylic acids is 2. The first-order chi connectivity index (χ1) is 11.5. The van der Waals surface area contributed by atoms with Gasteiger partial charge in [-0.1, -0.05) is 0 Å². The molecule has 0 saturated carbocycles. The van der Waals surface area contributed by atoms with Gasteiger partial charge in [-0.2, -0.15) is 0 Å². The van der Waals surface area contributed by atoms with Crippen molar-refractivity contribution in [2.24, 2.45) is 0 Å². The van der Waals surface area contributed by atoms with Gasteiger partial charge in [-0.15, -0.1) is 0 Å². The highest BCUT2D eigenvalue weighted by atomic mass is 19.1. The number of anilines is 1. The molecule has 1 saturated heterocycles. The number of amides is 2. The molecule has 0 radical (unpaired) electrons. The van der Waals surface area contributed by atoms with Crippen LogP contribution in [0, 0.1) is 5.82 Å². The normalized spacial score (nSPS) is 17.3. The summed E-state index contributed by atoms with van der Waals surface area (Å²) in [6, 6.07) is 5.56. The molecule has 0 unspecified atom stereocenters. The standard InChI is InChI=1S/C17H25FN4O2/c1-3-19-17(24)13(2)22-10-8-21(9-11-22)12-16(23)20-15-6-4-14(18)5-7-15/h4-7,13H,3,8-12H2,1-2H3,(H,19,24)(H,20,23)/t13-/m1/s1. The van der Waals surface area contributed by atoms with Crippen LogP contribution in [0.4, 0.5) is 10.1 Å². The highest BCUT2D eigenvalue weighted by Gasteiger charge is 2.25. The van der Waals surface area contributed by atoms with Gasteiger partial charge in [0, 0.05) is 38.4 Å². The zero-order valence-electron chi connectivity index (χ0n) is 14.2. The fourth-order valence-electron chi connectivity index (χ4n) is 2.73. The molecule has 1 fully saturated rings. The number of piperazine rings is 1. The second kappa shape index (κ2) is 8.75. The quantitative estimate of drug-likeness (QED) is 0.810. The topological polar surface area (TPSA) is 64.7 Å². The maximum Gasteiger partial charge on any atom is 0.238 e. The van der Waals surface area contributed by atoms with Crippen LogP contribution >= 0.6 is 0 Å². The number of rotatable bonds is 6. The van der Waals surface area contributed by atoms with Gasteiger partial charge in [0.1, 0.15) is 5.82 Å². The molecule has 0 aromatic heterocycles. The predicted octanol–water partition coefficient (Wildman–Crippen LogP) is 0.906. The Kier molecular flexibility index (Phi) is 6.69. The van der Waals surface area contributed by atoms with Crippen molar-refractivity contribution in [3.63, 3.8) is 0 Å². The summed E-state index contributed by atoms with van der Waals surface area (Å²) in [6.07, 6.45) is 0. The largest absolute Gasteiger partial charge is 0.355 e. The van der Waals surface area contributed by atoms with E-state index in [9.17, 15) is 14.0 Å². The van der Waals surface area contributed by atoms with E-state index in [0.717, 1.165) is 26.2 Å². The average Bonchev–Trinajstić information content (AvgIpc) is 2.57. The SMILES string of the molecule is CCNC(=O)[C@@H](C)N1CCN(CC(=O)Nc2ccc(F)cc2)CC1. The van der Waals surface area contributed by atoms with Crippen molar-refractivity contribution in [2.75, 3.05) is 44.6 Å². The van der Waals surface area contributed by atoms with Crippen molar-refractivity contribution < 1.29 is 14.0 Å². The lowest BCUT2D eigenvalue weighted by Crippen LogP contribution is -2.54. The number of benzene rings is 1. The summed E-state index contributed by atoms with van der Waals surface area (Å²) in [5.41, 5.74) is 0.588. The third-order valence-electron chi connectivity index (χ3n) is 4.18. The van der Waals surface area contributed by atoms with E-state index in [0.29, 0.717) is 18.8 Å². The van der Waals surface area contributed by atoms with Gasteiger partial charge in [-0.05, 0) is 38.1 Å². The lowest BCUT2D eigenvalue weighted by Gasteiger charge is -2.37. The van der Waals surface area contributed by atoms with E-state index in [2.05, 4.69) is 20.4 Å². The van der Waals surface area contributed by atoms with Crippen LogP contribution in [0.3, 0.4) is 0 Å². The maximum atomic E-state index is 12.8. The number of nitrogens with one attached hydrogen (secondary N) is 2. The highest BCUT2D eigenvalue weighted by molar-refractivity contribution is 5.92. The third-order valence-corrected chi connectivity index (χ3v) is 4.18. The van der Waals surface area contributed by atoms with Gasteiger partial charge >= 0.3 is 0 Å². The Labute approximate surface area is 142 Å². The van der Waals surface area contributed by atoms with Gasteiger partial charge in [0.2, 0.25) is 11.8 Å². The van der Waals surface area contributed by atoms with E-state index < -0.39 is 0 Å². The molecule has 1 aromatic rings. The molecule has 0 aliphatic carbocycles. The first-order valence-electron chi connectivity index (χ1n) is 8.29. The number of nitrogens with zero attached hydrogens (tertiary/aromatic N) is 2. The van der Waals surface area contributed by atoms with Gasteiger partial charge in [0.05, 0.1) is 12.6 Å². The first-order valence-corrected chi connectivity index (χ1v) is 8.29. The predicted molar refractivity (Wildman–Crippen MR) is 91.2 cm³/mol. The van der Waals surface area contributed by atoms with Crippen molar-refractivity contribution in [1.29, 1.82) is 0 Å². The zero-order valence-corrected chi connectivity index (χ0v) is 14.2. The molecule has 2 rings (SSSR count). The van der Waals surface area contributed by atoms with Crippen LogP contribution in [0.2, 0.25) is 0 Å². The van der Waals surface area contributed by atoms with Crippen LogP contribution in [-0.4, -0.2) is 66.9 Å². The minimum Gasteiger partial charge on any atom is -0.355 e. The summed E-state index contributed by atoms with van der Waals surface area (Å²) in [4.78, 5) is 28.1. The van der Waals surface area contributed by atoms with Gasteiger partial charge in [0.25, 0.3) is 0 Å². The van der Waals surface area contributed by atoms with Crippen molar-refractivity contribution in [2.45, 2.75) is 19.9 Å². The molecule has 24 heavy (non-hydrogen) atoms. The summed E-state index contributed by atoms with van der Waals surface area (Å²) in [5.74, 6) is -0.405. The van der Waals surface area contributed by atoms with Crippen LogP contribution in [0.15, 0.2) is 24.3 Å². The number of hydrogen-bond acceptors (Lipinski definition) is 4. The summed E-state index contributed by atoms with van der Waals surface area (Å²) in [7, 11) is 0. The van der Waals surface area contributed by atoms with Gasteiger partial charge in [0.15, 0.2) is 0 Å². The fourth-order valence-corrected chi connectivity index (χ4v) is 2.73. The van der Waals surface area contributed by atoms with Crippen molar-refractivity contribution in [3.05, 3.63) is 30.1 Å². The fraction of sp³-hybridized carbons (Fsp3) is 0.529. The van der Waals surface area contributed by atoms with E-state index in [1.807, 2.05) is 13.8 Å². The molecule has 1 aliphatic rings. The van der Waals surface area contributed by atoms with Crippen molar-refractivity contribution >= 4 is 17.5 Å². The number of carbonyl (C=O) groups is 2. The van der Waals surface area contributed by atoms with E-state index in [1.165, 1.54) is 12.1 Å². The maximum absolute atomic E-state index is 12.8. The number of halogens is 1. The Morgan fingerprint density at radius 2 is 1.79 bits per heavy atom. The van der Waals surface area contributed by atoms with Crippen LogP contribution < -0.4 is 10.6 Å². The van der Waals surface area contributed by atoms with Gasteiger partial charge in [-0.3, -0.25) is 19.4 Å². The van der Waals surface area contributed by atoms with Crippen LogP contribution in [0.5, 0.6) is 0 Å². The third kappa shape index (κ3) is 5.28. The van der Waals surface area contributed by atoms with Gasteiger partial charge in [-0.25, -0.2) is 4.39 Å². The van der Waals surface area contributed by atoms with Crippen molar-refractivity contribution in [1.82, 2.24) is 15.1 Å². The molecule has 0 spiro atoms. The monoisotopic (exact) mass is 336 g/mol.